The van der Waals surface area contributed by atoms with Gasteiger partial charge in [0.25, 0.3) is 5.91 Å². The number of hydrogen-bond donors (Lipinski definition) is 2. The van der Waals surface area contributed by atoms with Gasteiger partial charge in [0.1, 0.15) is 6.61 Å². The summed E-state index contributed by atoms with van der Waals surface area (Å²) >= 11 is 0. The number of hydrogen-bond acceptors (Lipinski definition) is 5. The summed E-state index contributed by atoms with van der Waals surface area (Å²) < 4.78 is 16.2. The van der Waals surface area contributed by atoms with Crippen LogP contribution in [0.25, 0.3) is 0 Å². The maximum atomic E-state index is 12.9. The zero-order chi connectivity index (χ0) is 20.2. The van der Waals surface area contributed by atoms with Crippen LogP contribution in [0.1, 0.15) is 45.7 Å². The molecule has 1 saturated heterocycles. The number of carbonyl (C=O) groups excluding carboxylic acids is 2. The van der Waals surface area contributed by atoms with E-state index in [1.165, 1.54) is 7.11 Å². The Balaban J connectivity index is 2.26. The van der Waals surface area contributed by atoms with Crippen LogP contribution in [0.2, 0.25) is 0 Å². The van der Waals surface area contributed by atoms with Crippen LogP contribution in [-0.2, 0) is 14.3 Å². The van der Waals surface area contributed by atoms with Crippen LogP contribution in [0.5, 0.6) is 11.5 Å². The predicted octanol–water partition coefficient (Wildman–Crippen LogP) is 2.20. The SMILES string of the molecule is COc1ccc([C@H]2NC(=O)CO[C@@H]2C(=O)NC(C)(C)CC(C)C)cc1OC. The molecule has 2 amide bonds. The first kappa shape index (κ1) is 21.0. The van der Waals surface area contributed by atoms with Crippen molar-refractivity contribution < 1.29 is 23.8 Å². The van der Waals surface area contributed by atoms with Crippen LogP contribution in [-0.4, -0.2) is 44.3 Å². The Morgan fingerprint density at radius 3 is 2.56 bits per heavy atom. The molecular formula is C20H30N2O5. The fourth-order valence-electron chi connectivity index (χ4n) is 3.56. The minimum atomic E-state index is -0.827. The Bertz CT molecular complexity index is 687. The van der Waals surface area contributed by atoms with Gasteiger partial charge in [0, 0.05) is 5.54 Å². The third-order valence-corrected chi connectivity index (χ3v) is 4.42. The molecule has 2 atom stereocenters. The van der Waals surface area contributed by atoms with E-state index >= 15 is 0 Å². The van der Waals surface area contributed by atoms with E-state index in [9.17, 15) is 9.59 Å². The minimum absolute atomic E-state index is 0.146. The second kappa shape index (κ2) is 8.61. The second-order valence-electron chi connectivity index (χ2n) is 7.86. The van der Waals surface area contributed by atoms with E-state index in [0.717, 1.165) is 6.42 Å². The zero-order valence-electron chi connectivity index (χ0n) is 16.9. The van der Waals surface area contributed by atoms with Crippen molar-refractivity contribution >= 4 is 11.8 Å². The Kier molecular flexibility index (Phi) is 6.70. The Labute approximate surface area is 160 Å². The summed E-state index contributed by atoms with van der Waals surface area (Å²) in [6, 6.07) is 4.67. The highest BCUT2D eigenvalue weighted by Crippen LogP contribution is 2.32. The number of methoxy groups -OCH3 is 2. The number of amides is 2. The zero-order valence-corrected chi connectivity index (χ0v) is 16.9. The summed E-state index contributed by atoms with van der Waals surface area (Å²) in [5.41, 5.74) is 0.334. The fraction of sp³-hybridized carbons (Fsp3) is 0.600. The van der Waals surface area contributed by atoms with Crippen LogP contribution in [0.15, 0.2) is 18.2 Å². The number of benzene rings is 1. The van der Waals surface area contributed by atoms with Gasteiger partial charge < -0.3 is 24.8 Å². The second-order valence-corrected chi connectivity index (χ2v) is 7.86. The van der Waals surface area contributed by atoms with E-state index in [1.54, 1.807) is 25.3 Å². The van der Waals surface area contributed by atoms with Gasteiger partial charge in [-0.25, -0.2) is 0 Å². The molecule has 1 aromatic carbocycles. The molecule has 0 spiro atoms. The van der Waals surface area contributed by atoms with E-state index in [1.807, 2.05) is 13.8 Å². The van der Waals surface area contributed by atoms with Gasteiger partial charge in [0.05, 0.1) is 20.3 Å². The number of morpholine rings is 1. The smallest absolute Gasteiger partial charge is 0.252 e. The van der Waals surface area contributed by atoms with Gasteiger partial charge in [-0.05, 0) is 43.9 Å². The largest absolute Gasteiger partial charge is 0.493 e. The highest BCUT2D eigenvalue weighted by Gasteiger charge is 2.38. The maximum Gasteiger partial charge on any atom is 0.252 e. The first-order valence-electron chi connectivity index (χ1n) is 9.11. The van der Waals surface area contributed by atoms with Crippen molar-refractivity contribution in [2.75, 3.05) is 20.8 Å². The Hall–Kier alpha value is -2.28. The summed E-state index contributed by atoms with van der Waals surface area (Å²) in [6.07, 6.45) is 0.00556. The Morgan fingerprint density at radius 1 is 1.30 bits per heavy atom. The lowest BCUT2D eigenvalue weighted by Gasteiger charge is -2.35. The average molecular weight is 378 g/mol. The predicted molar refractivity (Wildman–Crippen MR) is 102 cm³/mol. The topological polar surface area (TPSA) is 85.9 Å². The van der Waals surface area contributed by atoms with E-state index in [-0.39, 0.29) is 24.0 Å². The van der Waals surface area contributed by atoms with Crippen LogP contribution in [0.4, 0.5) is 0 Å². The van der Waals surface area contributed by atoms with Gasteiger partial charge >= 0.3 is 0 Å². The molecule has 7 nitrogen and oxygen atoms in total. The molecule has 1 aromatic rings. The van der Waals surface area contributed by atoms with E-state index in [2.05, 4.69) is 24.5 Å². The highest BCUT2D eigenvalue weighted by molar-refractivity contribution is 5.86. The summed E-state index contributed by atoms with van der Waals surface area (Å²) in [7, 11) is 3.09. The van der Waals surface area contributed by atoms with Crippen LogP contribution < -0.4 is 20.1 Å². The number of carbonyl (C=O) groups is 2. The highest BCUT2D eigenvalue weighted by atomic mass is 16.5. The van der Waals surface area contributed by atoms with Gasteiger partial charge in [0.15, 0.2) is 17.6 Å². The van der Waals surface area contributed by atoms with Crippen LogP contribution in [0.3, 0.4) is 0 Å². The van der Waals surface area contributed by atoms with Crippen molar-refractivity contribution in [2.24, 2.45) is 5.92 Å². The van der Waals surface area contributed by atoms with Gasteiger partial charge in [-0.3, -0.25) is 9.59 Å². The van der Waals surface area contributed by atoms with Crippen LogP contribution in [0, 0.1) is 5.92 Å². The lowest BCUT2D eigenvalue weighted by atomic mass is 9.91. The molecule has 1 aliphatic heterocycles. The molecule has 0 saturated carbocycles. The molecular weight excluding hydrogens is 348 g/mol. The van der Waals surface area contributed by atoms with Gasteiger partial charge in [-0.1, -0.05) is 19.9 Å². The van der Waals surface area contributed by atoms with Crippen molar-refractivity contribution in [3.63, 3.8) is 0 Å². The number of rotatable bonds is 7. The van der Waals surface area contributed by atoms with Crippen molar-refractivity contribution in [2.45, 2.75) is 51.8 Å². The van der Waals surface area contributed by atoms with Crippen LogP contribution >= 0.6 is 0 Å². The molecule has 2 N–H and O–H groups in total. The van der Waals surface area contributed by atoms with E-state index < -0.39 is 12.1 Å². The molecule has 0 aliphatic carbocycles. The standard InChI is InChI=1S/C20H30N2O5/c1-12(2)10-20(3,4)22-19(24)18-17(21-16(23)11-27-18)13-7-8-14(25-5)15(9-13)26-6/h7-9,12,17-18H,10-11H2,1-6H3,(H,21,23)(H,22,24)/t17-,18+/m1/s1. The summed E-state index contributed by atoms with van der Waals surface area (Å²) in [5.74, 6) is 1.02. The van der Waals surface area contributed by atoms with Crippen molar-refractivity contribution in [1.29, 1.82) is 0 Å². The minimum Gasteiger partial charge on any atom is -0.493 e. The average Bonchev–Trinajstić information content (AvgIpc) is 2.59. The monoisotopic (exact) mass is 378 g/mol. The molecule has 1 heterocycles. The molecule has 2 rings (SSSR count). The molecule has 0 bridgehead atoms. The van der Waals surface area contributed by atoms with Crippen molar-refractivity contribution in [3.8, 4) is 11.5 Å². The molecule has 0 aromatic heterocycles. The quantitative estimate of drug-likeness (QED) is 0.760. The third kappa shape index (κ3) is 5.35. The molecule has 27 heavy (non-hydrogen) atoms. The molecule has 7 heteroatoms. The van der Waals surface area contributed by atoms with Crippen molar-refractivity contribution in [3.05, 3.63) is 23.8 Å². The number of nitrogens with one attached hydrogen (secondary N) is 2. The van der Waals surface area contributed by atoms with Gasteiger partial charge in [0.2, 0.25) is 5.91 Å². The first-order chi connectivity index (χ1) is 12.7. The summed E-state index contributed by atoms with van der Waals surface area (Å²) in [5, 5.41) is 5.91. The van der Waals surface area contributed by atoms with Gasteiger partial charge in [-0.15, -0.1) is 0 Å². The first-order valence-corrected chi connectivity index (χ1v) is 9.11. The lowest BCUT2D eigenvalue weighted by molar-refractivity contribution is -0.149. The Morgan fingerprint density at radius 2 is 1.96 bits per heavy atom. The molecule has 0 radical (unpaired) electrons. The lowest BCUT2D eigenvalue weighted by Crippen LogP contribution is -2.56. The normalized spacial score (nSPS) is 20.2. The molecule has 1 aliphatic rings. The molecule has 150 valence electrons. The molecule has 0 unspecified atom stereocenters. The summed E-state index contributed by atoms with van der Waals surface area (Å²) in [6.45, 7) is 8.04. The van der Waals surface area contributed by atoms with Gasteiger partial charge in [-0.2, -0.15) is 0 Å². The maximum absolute atomic E-state index is 12.9. The van der Waals surface area contributed by atoms with E-state index in [4.69, 9.17) is 14.2 Å². The van der Waals surface area contributed by atoms with E-state index in [0.29, 0.717) is 23.0 Å². The third-order valence-electron chi connectivity index (χ3n) is 4.42. The van der Waals surface area contributed by atoms with Crippen molar-refractivity contribution in [1.82, 2.24) is 10.6 Å². The summed E-state index contributed by atoms with van der Waals surface area (Å²) in [4.78, 5) is 24.8. The fourth-order valence-corrected chi connectivity index (χ4v) is 3.56. The molecule has 1 fully saturated rings. The number of ether oxygens (including phenoxy) is 3.